The number of carbonyl (C=O) groups is 1. The number of nitrogens with two attached hydrogens (primary N) is 2. The van der Waals surface area contributed by atoms with E-state index in [0.717, 1.165) is 6.42 Å². The third kappa shape index (κ3) is 2.19. The van der Waals surface area contributed by atoms with Gasteiger partial charge in [-0.05, 0) is 13.3 Å². The highest BCUT2D eigenvalue weighted by molar-refractivity contribution is 5.93. The molecule has 0 heterocycles. The fraction of sp³-hybridized carbons (Fsp3) is 0.571. The first-order valence-corrected chi connectivity index (χ1v) is 3.35. The Morgan fingerprint density at radius 2 is 2.20 bits per heavy atom. The van der Waals surface area contributed by atoms with Crippen molar-refractivity contribution in [3.8, 4) is 0 Å². The van der Waals surface area contributed by atoms with Crippen molar-refractivity contribution in [1.82, 2.24) is 0 Å². The second-order valence-electron chi connectivity index (χ2n) is 2.12. The molecule has 0 aromatic rings. The van der Waals surface area contributed by atoms with E-state index in [2.05, 4.69) is 0 Å². The normalized spacial score (nSPS) is 14.9. The zero-order valence-corrected chi connectivity index (χ0v) is 6.42. The Balaban J connectivity index is 4.23. The number of hydrogen-bond donors (Lipinski definition) is 2. The van der Waals surface area contributed by atoms with Crippen LogP contribution in [0.2, 0.25) is 0 Å². The minimum atomic E-state index is -0.420. The van der Waals surface area contributed by atoms with Crippen molar-refractivity contribution in [1.29, 1.82) is 0 Å². The van der Waals surface area contributed by atoms with Crippen LogP contribution >= 0.6 is 0 Å². The van der Waals surface area contributed by atoms with E-state index in [9.17, 15) is 4.79 Å². The van der Waals surface area contributed by atoms with Gasteiger partial charge in [0.05, 0.1) is 0 Å². The van der Waals surface area contributed by atoms with Crippen LogP contribution in [0.25, 0.3) is 0 Å². The first kappa shape index (κ1) is 9.17. The number of allylic oxidation sites excluding steroid dienone is 1. The van der Waals surface area contributed by atoms with E-state index in [4.69, 9.17) is 11.5 Å². The fourth-order valence-corrected chi connectivity index (χ4v) is 0.759. The molecule has 1 unspecified atom stereocenters. The van der Waals surface area contributed by atoms with E-state index < -0.39 is 5.91 Å². The average Bonchev–Trinajstić information content (AvgIpc) is 1.88. The lowest BCUT2D eigenvalue weighted by molar-refractivity contribution is -0.114. The molecule has 0 bridgehead atoms. The Kier molecular flexibility index (Phi) is 3.72. The summed E-state index contributed by atoms with van der Waals surface area (Å²) < 4.78 is 0. The van der Waals surface area contributed by atoms with Crippen LogP contribution in [0.4, 0.5) is 0 Å². The first-order valence-electron chi connectivity index (χ1n) is 3.35. The van der Waals surface area contributed by atoms with Crippen molar-refractivity contribution in [3.05, 3.63) is 11.6 Å². The molecule has 0 aromatic heterocycles. The molecule has 3 nitrogen and oxygen atoms in total. The molecule has 0 saturated carbocycles. The third-order valence-corrected chi connectivity index (χ3v) is 1.43. The number of carbonyl (C=O) groups excluding carboxylic acids is 1. The zero-order valence-electron chi connectivity index (χ0n) is 6.42. The molecule has 1 amide bonds. The summed E-state index contributed by atoms with van der Waals surface area (Å²) >= 11 is 0. The molecular weight excluding hydrogens is 128 g/mol. The standard InChI is InChI=1S/C7H14N2O/c1-3-5(7(9)10)6(8)4-2/h3,6H,4,8H2,1-2H3,(H2,9,10). The predicted octanol–water partition coefficient (Wildman–Crippen LogP) is 0.155. The van der Waals surface area contributed by atoms with Crippen LogP contribution in [0, 0.1) is 0 Å². The Bertz CT molecular complexity index is 152. The van der Waals surface area contributed by atoms with Crippen molar-refractivity contribution in [2.45, 2.75) is 26.3 Å². The largest absolute Gasteiger partial charge is 0.366 e. The van der Waals surface area contributed by atoms with Crippen molar-refractivity contribution < 1.29 is 4.79 Å². The molecule has 10 heavy (non-hydrogen) atoms. The highest BCUT2D eigenvalue weighted by Crippen LogP contribution is 2.01. The van der Waals surface area contributed by atoms with Gasteiger partial charge in [0.2, 0.25) is 5.91 Å². The lowest BCUT2D eigenvalue weighted by Crippen LogP contribution is -2.30. The van der Waals surface area contributed by atoms with Crippen molar-refractivity contribution >= 4 is 5.91 Å². The number of rotatable bonds is 3. The minimum Gasteiger partial charge on any atom is -0.366 e. The summed E-state index contributed by atoms with van der Waals surface area (Å²) in [6.07, 6.45) is 2.40. The molecule has 3 heteroatoms. The van der Waals surface area contributed by atoms with Crippen LogP contribution in [0.15, 0.2) is 11.6 Å². The van der Waals surface area contributed by atoms with E-state index in [-0.39, 0.29) is 6.04 Å². The summed E-state index contributed by atoms with van der Waals surface area (Å²) in [4.78, 5) is 10.6. The summed E-state index contributed by atoms with van der Waals surface area (Å²) in [6.45, 7) is 3.67. The van der Waals surface area contributed by atoms with Gasteiger partial charge in [0, 0.05) is 11.6 Å². The molecule has 0 radical (unpaired) electrons. The molecule has 0 aliphatic heterocycles. The molecule has 0 aliphatic rings. The molecule has 4 N–H and O–H groups in total. The smallest absolute Gasteiger partial charge is 0.245 e. The highest BCUT2D eigenvalue weighted by Gasteiger charge is 2.10. The van der Waals surface area contributed by atoms with Crippen molar-refractivity contribution in [2.75, 3.05) is 0 Å². The average molecular weight is 142 g/mol. The molecule has 0 spiro atoms. The molecule has 0 saturated heterocycles. The van der Waals surface area contributed by atoms with Crippen LogP contribution in [0.1, 0.15) is 20.3 Å². The van der Waals surface area contributed by atoms with Gasteiger partial charge in [0.25, 0.3) is 0 Å². The Morgan fingerprint density at radius 3 is 2.30 bits per heavy atom. The van der Waals surface area contributed by atoms with Gasteiger partial charge in [-0.1, -0.05) is 13.0 Å². The number of hydrogen-bond acceptors (Lipinski definition) is 2. The van der Waals surface area contributed by atoms with Crippen molar-refractivity contribution in [2.24, 2.45) is 11.5 Å². The molecule has 0 aromatic carbocycles. The van der Waals surface area contributed by atoms with Gasteiger partial charge >= 0.3 is 0 Å². The van der Waals surface area contributed by atoms with E-state index in [1.165, 1.54) is 0 Å². The van der Waals surface area contributed by atoms with Crippen LogP contribution < -0.4 is 11.5 Å². The van der Waals surface area contributed by atoms with Crippen molar-refractivity contribution in [3.63, 3.8) is 0 Å². The first-order chi connectivity index (χ1) is 4.63. The van der Waals surface area contributed by atoms with Crippen LogP contribution in [0.3, 0.4) is 0 Å². The molecule has 1 atom stereocenters. The van der Waals surface area contributed by atoms with Gasteiger partial charge < -0.3 is 11.5 Å². The quantitative estimate of drug-likeness (QED) is 0.551. The summed E-state index contributed by atoms with van der Waals surface area (Å²) in [5, 5.41) is 0. The lowest BCUT2D eigenvalue weighted by Gasteiger charge is -2.08. The fourth-order valence-electron chi connectivity index (χ4n) is 0.759. The second-order valence-corrected chi connectivity index (χ2v) is 2.12. The van der Waals surface area contributed by atoms with Gasteiger partial charge in [-0.15, -0.1) is 0 Å². The van der Waals surface area contributed by atoms with Crippen LogP contribution in [0.5, 0.6) is 0 Å². The Morgan fingerprint density at radius 1 is 1.70 bits per heavy atom. The summed E-state index contributed by atoms with van der Waals surface area (Å²) in [5.74, 6) is -0.420. The third-order valence-electron chi connectivity index (χ3n) is 1.43. The van der Waals surface area contributed by atoms with Gasteiger partial charge in [0.1, 0.15) is 0 Å². The molecule has 0 rings (SSSR count). The SMILES string of the molecule is CC=C(C(N)=O)C(N)CC. The summed E-state index contributed by atoms with van der Waals surface area (Å²) in [7, 11) is 0. The van der Waals surface area contributed by atoms with Gasteiger partial charge in [0.15, 0.2) is 0 Å². The maximum atomic E-state index is 10.6. The zero-order chi connectivity index (χ0) is 8.15. The van der Waals surface area contributed by atoms with Gasteiger partial charge in [-0.3, -0.25) is 4.79 Å². The molecular formula is C7H14N2O. The molecule has 0 aliphatic carbocycles. The molecule has 58 valence electrons. The lowest BCUT2D eigenvalue weighted by atomic mass is 10.1. The summed E-state index contributed by atoms with van der Waals surface area (Å²) in [5.41, 5.74) is 11.1. The van der Waals surface area contributed by atoms with Crippen LogP contribution in [-0.2, 0) is 4.79 Å². The molecule has 0 fully saturated rings. The monoisotopic (exact) mass is 142 g/mol. The second kappa shape index (κ2) is 4.06. The van der Waals surface area contributed by atoms with E-state index in [0.29, 0.717) is 5.57 Å². The van der Waals surface area contributed by atoms with Gasteiger partial charge in [-0.2, -0.15) is 0 Å². The Labute approximate surface area is 61.1 Å². The van der Waals surface area contributed by atoms with Gasteiger partial charge in [-0.25, -0.2) is 0 Å². The maximum absolute atomic E-state index is 10.6. The highest BCUT2D eigenvalue weighted by atomic mass is 16.1. The van der Waals surface area contributed by atoms with E-state index in [1.54, 1.807) is 13.0 Å². The number of primary amides is 1. The minimum absolute atomic E-state index is 0.206. The Hall–Kier alpha value is -0.830. The van der Waals surface area contributed by atoms with E-state index in [1.807, 2.05) is 6.92 Å². The summed E-state index contributed by atoms with van der Waals surface area (Å²) in [6, 6.07) is -0.206. The topological polar surface area (TPSA) is 69.1 Å². The number of amides is 1. The predicted molar refractivity (Wildman–Crippen MR) is 41.2 cm³/mol. The maximum Gasteiger partial charge on any atom is 0.245 e. The van der Waals surface area contributed by atoms with E-state index >= 15 is 0 Å². The van der Waals surface area contributed by atoms with Crippen LogP contribution in [-0.4, -0.2) is 11.9 Å².